The first-order valence-electron chi connectivity index (χ1n) is 3.12. The highest BCUT2D eigenvalue weighted by molar-refractivity contribution is 5.93. The largest absolute Gasteiger partial charge is 0.759 e. The van der Waals surface area contributed by atoms with E-state index in [1.807, 2.05) is 0 Å². The number of pyridine rings is 1. The maximum Gasteiger partial charge on any atom is 0.246 e. The van der Waals surface area contributed by atoms with Crippen LogP contribution in [0.15, 0.2) is 24.5 Å². The maximum atomic E-state index is 10.7. The van der Waals surface area contributed by atoms with Crippen molar-refractivity contribution in [2.24, 2.45) is 7.05 Å². The van der Waals surface area contributed by atoms with Crippen LogP contribution in [0.3, 0.4) is 0 Å². The molecule has 0 aliphatic heterocycles. The fourth-order valence-electron chi connectivity index (χ4n) is 0.781. The van der Waals surface area contributed by atoms with Crippen molar-refractivity contribution in [1.82, 2.24) is 5.48 Å². The van der Waals surface area contributed by atoms with Crippen LogP contribution in [0.2, 0.25) is 0 Å². The number of hydroxylamine groups is 1. The van der Waals surface area contributed by atoms with Crippen molar-refractivity contribution in [2.45, 2.75) is 0 Å². The Balaban J connectivity index is 2.96. The molecule has 1 aromatic rings. The fourth-order valence-corrected chi connectivity index (χ4v) is 0.781. The van der Waals surface area contributed by atoms with Gasteiger partial charge in [-0.3, -0.25) is 4.79 Å². The summed E-state index contributed by atoms with van der Waals surface area (Å²) in [6.45, 7) is 0. The molecule has 1 N–H and O–H groups in total. The SMILES string of the molecule is C[n+]1cccc(C(=O)N[O-])c1. The summed E-state index contributed by atoms with van der Waals surface area (Å²) in [4.78, 5) is 10.7. The van der Waals surface area contributed by atoms with Gasteiger partial charge in [0.25, 0.3) is 0 Å². The van der Waals surface area contributed by atoms with Gasteiger partial charge >= 0.3 is 0 Å². The molecule has 0 saturated carbocycles. The van der Waals surface area contributed by atoms with Crippen LogP contribution in [0.5, 0.6) is 0 Å². The van der Waals surface area contributed by atoms with E-state index in [2.05, 4.69) is 0 Å². The highest BCUT2D eigenvalue weighted by Gasteiger charge is 2.03. The topological polar surface area (TPSA) is 56.0 Å². The lowest BCUT2D eigenvalue weighted by molar-refractivity contribution is -0.671. The number of hydrogen-bond acceptors (Lipinski definition) is 2. The minimum Gasteiger partial charge on any atom is -0.759 e. The average Bonchev–Trinajstić information content (AvgIpc) is 2.03. The van der Waals surface area contributed by atoms with Gasteiger partial charge in [-0.1, -0.05) is 0 Å². The van der Waals surface area contributed by atoms with E-state index < -0.39 is 5.91 Å². The van der Waals surface area contributed by atoms with Crippen LogP contribution in [0, 0.1) is 5.21 Å². The van der Waals surface area contributed by atoms with Crippen molar-refractivity contribution < 1.29 is 9.36 Å². The van der Waals surface area contributed by atoms with Crippen LogP contribution < -0.4 is 10.0 Å². The first-order chi connectivity index (χ1) is 5.24. The molecule has 0 bridgehead atoms. The Morgan fingerprint density at radius 2 is 2.45 bits per heavy atom. The predicted molar refractivity (Wildman–Crippen MR) is 38.5 cm³/mol. The maximum absolute atomic E-state index is 10.7. The van der Waals surface area contributed by atoms with Crippen LogP contribution >= 0.6 is 0 Å². The van der Waals surface area contributed by atoms with Gasteiger partial charge in [-0.25, -0.2) is 4.57 Å². The molecule has 0 unspecified atom stereocenters. The molecular weight excluding hydrogens is 144 g/mol. The molecule has 4 heteroatoms. The van der Waals surface area contributed by atoms with Gasteiger partial charge in [0.05, 0.1) is 0 Å². The summed E-state index contributed by atoms with van der Waals surface area (Å²) in [6.07, 6.45) is 3.36. The van der Waals surface area contributed by atoms with Crippen molar-refractivity contribution in [3.63, 3.8) is 0 Å². The van der Waals surface area contributed by atoms with E-state index in [4.69, 9.17) is 0 Å². The number of rotatable bonds is 1. The lowest BCUT2D eigenvalue weighted by Crippen LogP contribution is -2.29. The van der Waals surface area contributed by atoms with Crippen molar-refractivity contribution in [1.29, 1.82) is 0 Å². The number of aryl methyl sites for hydroxylation is 1. The molecule has 11 heavy (non-hydrogen) atoms. The minimum absolute atomic E-state index is 0.366. The normalized spacial score (nSPS) is 9.27. The zero-order valence-corrected chi connectivity index (χ0v) is 6.07. The number of amides is 1. The number of nitrogens with one attached hydrogen (secondary N) is 1. The molecule has 0 radical (unpaired) electrons. The zero-order valence-electron chi connectivity index (χ0n) is 6.07. The third-order valence-corrected chi connectivity index (χ3v) is 1.29. The van der Waals surface area contributed by atoms with Crippen LogP contribution in [-0.2, 0) is 7.05 Å². The smallest absolute Gasteiger partial charge is 0.246 e. The molecule has 0 aliphatic carbocycles. The molecular formula is C7H8N2O2. The van der Waals surface area contributed by atoms with Gasteiger partial charge in [-0.2, -0.15) is 0 Å². The van der Waals surface area contributed by atoms with Crippen molar-refractivity contribution >= 4 is 5.91 Å². The molecule has 0 spiro atoms. The van der Waals surface area contributed by atoms with Crippen molar-refractivity contribution in [3.05, 3.63) is 35.3 Å². The summed E-state index contributed by atoms with van der Waals surface area (Å²) in [6, 6.07) is 3.28. The molecule has 4 nitrogen and oxygen atoms in total. The summed E-state index contributed by atoms with van der Waals surface area (Å²) in [5.41, 5.74) is 1.67. The van der Waals surface area contributed by atoms with Gasteiger partial charge in [0.15, 0.2) is 12.4 Å². The number of nitrogens with zero attached hydrogens (tertiary/aromatic N) is 1. The Morgan fingerprint density at radius 1 is 1.73 bits per heavy atom. The second-order valence-electron chi connectivity index (χ2n) is 2.19. The molecule has 1 aromatic heterocycles. The molecule has 0 fully saturated rings. The highest BCUT2D eigenvalue weighted by Crippen LogP contribution is 1.92. The van der Waals surface area contributed by atoms with Crippen LogP contribution in [0.25, 0.3) is 0 Å². The van der Waals surface area contributed by atoms with Gasteiger partial charge in [0, 0.05) is 6.07 Å². The minimum atomic E-state index is -0.610. The van der Waals surface area contributed by atoms with Gasteiger partial charge in [0.2, 0.25) is 5.91 Å². The summed E-state index contributed by atoms with van der Waals surface area (Å²) in [5.74, 6) is -0.610. The molecule has 58 valence electrons. The van der Waals surface area contributed by atoms with Crippen molar-refractivity contribution in [3.8, 4) is 0 Å². The first-order valence-corrected chi connectivity index (χ1v) is 3.12. The van der Waals surface area contributed by atoms with Crippen molar-refractivity contribution in [2.75, 3.05) is 0 Å². The molecule has 0 atom stereocenters. The lowest BCUT2D eigenvalue weighted by Gasteiger charge is -2.04. The summed E-state index contributed by atoms with van der Waals surface area (Å²) >= 11 is 0. The Labute approximate surface area is 64.1 Å². The summed E-state index contributed by atoms with van der Waals surface area (Å²) in [7, 11) is 1.78. The molecule has 0 aromatic carbocycles. The first kappa shape index (κ1) is 7.68. The van der Waals surface area contributed by atoms with Gasteiger partial charge in [-0.15, -0.1) is 0 Å². The van der Waals surface area contributed by atoms with Crippen LogP contribution in [0.1, 0.15) is 10.4 Å². The van der Waals surface area contributed by atoms with E-state index in [1.165, 1.54) is 5.48 Å². The highest BCUT2D eigenvalue weighted by atomic mass is 16.5. The van der Waals surface area contributed by atoms with Gasteiger partial charge in [-0.05, 0) is 6.07 Å². The third kappa shape index (κ3) is 1.75. The van der Waals surface area contributed by atoms with Crippen LogP contribution in [-0.4, -0.2) is 5.91 Å². The van der Waals surface area contributed by atoms with E-state index >= 15 is 0 Å². The zero-order chi connectivity index (χ0) is 8.27. The third-order valence-electron chi connectivity index (χ3n) is 1.29. The Bertz CT molecular complexity index is 273. The number of hydrogen-bond donors (Lipinski definition) is 1. The van der Waals surface area contributed by atoms with E-state index in [9.17, 15) is 10.0 Å². The average molecular weight is 152 g/mol. The number of carbonyl (C=O) groups excluding carboxylic acids is 1. The second kappa shape index (κ2) is 3.12. The second-order valence-corrected chi connectivity index (χ2v) is 2.19. The predicted octanol–water partition coefficient (Wildman–Crippen LogP) is -0.261. The molecule has 1 rings (SSSR count). The fraction of sp³-hybridized carbons (Fsp3) is 0.143. The number of carbonyl (C=O) groups is 1. The molecule has 1 amide bonds. The molecule has 1 heterocycles. The van der Waals surface area contributed by atoms with E-state index in [0.29, 0.717) is 5.56 Å². The Hall–Kier alpha value is -1.42. The molecule has 0 saturated heterocycles. The van der Waals surface area contributed by atoms with E-state index in [-0.39, 0.29) is 0 Å². The van der Waals surface area contributed by atoms with Gasteiger partial charge < -0.3 is 10.7 Å². The molecule has 0 aliphatic rings. The monoisotopic (exact) mass is 152 g/mol. The van der Waals surface area contributed by atoms with Crippen LogP contribution in [0.4, 0.5) is 0 Å². The Morgan fingerprint density at radius 3 is 3.00 bits per heavy atom. The quantitative estimate of drug-likeness (QED) is 0.445. The number of aromatic nitrogens is 1. The van der Waals surface area contributed by atoms with E-state index in [0.717, 1.165) is 0 Å². The van der Waals surface area contributed by atoms with Gasteiger partial charge in [0.1, 0.15) is 12.6 Å². The van der Waals surface area contributed by atoms with E-state index in [1.54, 1.807) is 36.1 Å². The standard InChI is InChI=1S/C7H8N2O2/c1-9-4-2-3-6(5-9)7(10)8-11/h2-5H,1H3,(H-,8,10,11). The lowest BCUT2D eigenvalue weighted by atomic mass is 10.3. The Kier molecular flexibility index (Phi) is 2.18. The summed E-state index contributed by atoms with van der Waals surface area (Å²) in [5, 5.41) is 9.93. The summed E-state index contributed by atoms with van der Waals surface area (Å²) < 4.78 is 1.70.